The zero-order chi connectivity index (χ0) is 22.6. The number of rotatable bonds is 7. The highest BCUT2D eigenvalue weighted by atomic mass is 32.2. The fraction of sp³-hybridized carbons (Fsp3) is 0.261. The van der Waals surface area contributed by atoms with Gasteiger partial charge in [-0.1, -0.05) is 42.5 Å². The number of amides is 1. The SMILES string of the molecule is COc1cccc(NC(=O)[C@H](c2ccccc2)N2CCN(S(=O)(=O)c3cccs3)CC2)c1. The van der Waals surface area contributed by atoms with E-state index in [-0.39, 0.29) is 5.91 Å². The Morgan fingerprint density at radius 2 is 1.75 bits per heavy atom. The van der Waals surface area contributed by atoms with Crippen molar-refractivity contribution in [2.24, 2.45) is 0 Å². The fourth-order valence-corrected chi connectivity index (χ4v) is 6.38. The molecule has 0 spiro atoms. The van der Waals surface area contributed by atoms with Crippen LogP contribution in [0.25, 0.3) is 0 Å². The quantitative estimate of drug-likeness (QED) is 0.571. The summed E-state index contributed by atoms with van der Waals surface area (Å²) in [5, 5.41) is 4.75. The van der Waals surface area contributed by atoms with Crippen LogP contribution in [-0.2, 0) is 14.8 Å². The highest BCUT2D eigenvalue weighted by molar-refractivity contribution is 7.91. The summed E-state index contributed by atoms with van der Waals surface area (Å²) in [6.07, 6.45) is 0. The van der Waals surface area contributed by atoms with E-state index in [1.165, 1.54) is 15.6 Å². The molecule has 32 heavy (non-hydrogen) atoms. The average molecular weight is 472 g/mol. The van der Waals surface area contributed by atoms with Crippen LogP contribution in [0.5, 0.6) is 5.75 Å². The maximum Gasteiger partial charge on any atom is 0.252 e. The van der Waals surface area contributed by atoms with Crippen LogP contribution in [0.3, 0.4) is 0 Å². The van der Waals surface area contributed by atoms with Crippen molar-refractivity contribution in [1.82, 2.24) is 9.21 Å². The van der Waals surface area contributed by atoms with Gasteiger partial charge in [0.25, 0.3) is 10.0 Å². The van der Waals surface area contributed by atoms with E-state index in [1.807, 2.05) is 53.4 Å². The molecule has 0 saturated carbocycles. The van der Waals surface area contributed by atoms with Crippen molar-refractivity contribution in [2.45, 2.75) is 10.3 Å². The molecule has 1 N–H and O–H groups in total. The van der Waals surface area contributed by atoms with Gasteiger partial charge in [-0.3, -0.25) is 9.69 Å². The summed E-state index contributed by atoms with van der Waals surface area (Å²) in [4.78, 5) is 15.4. The van der Waals surface area contributed by atoms with E-state index in [0.717, 1.165) is 5.56 Å². The summed E-state index contributed by atoms with van der Waals surface area (Å²) in [6, 6.07) is 19.6. The van der Waals surface area contributed by atoms with Crippen molar-refractivity contribution < 1.29 is 17.9 Å². The monoisotopic (exact) mass is 471 g/mol. The molecule has 1 amide bonds. The molecule has 0 bridgehead atoms. The lowest BCUT2D eigenvalue weighted by Gasteiger charge is -2.38. The number of benzene rings is 2. The van der Waals surface area contributed by atoms with Crippen molar-refractivity contribution in [3.63, 3.8) is 0 Å². The number of piperazine rings is 1. The molecule has 1 aliphatic heterocycles. The van der Waals surface area contributed by atoms with Gasteiger partial charge < -0.3 is 10.1 Å². The van der Waals surface area contributed by atoms with E-state index in [1.54, 1.807) is 30.7 Å². The third-order valence-corrected chi connectivity index (χ3v) is 8.70. The number of sulfonamides is 1. The van der Waals surface area contributed by atoms with Gasteiger partial charge in [-0.25, -0.2) is 8.42 Å². The van der Waals surface area contributed by atoms with E-state index in [4.69, 9.17) is 4.74 Å². The molecule has 2 heterocycles. The van der Waals surface area contributed by atoms with Crippen molar-refractivity contribution in [3.05, 3.63) is 77.7 Å². The number of nitrogens with one attached hydrogen (secondary N) is 1. The molecule has 9 heteroatoms. The van der Waals surface area contributed by atoms with E-state index >= 15 is 0 Å². The van der Waals surface area contributed by atoms with Crippen molar-refractivity contribution in [1.29, 1.82) is 0 Å². The van der Waals surface area contributed by atoms with Crippen molar-refractivity contribution in [3.8, 4) is 5.75 Å². The van der Waals surface area contributed by atoms with E-state index in [2.05, 4.69) is 5.32 Å². The van der Waals surface area contributed by atoms with Crippen LogP contribution in [0.2, 0.25) is 0 Å². The number of nitrogens with zero attached hydrogens (tertiary/aromatic N) is 2. The molecule has 2 aromatic carbocycles. The van der Waals surface area contributed by atoms with Gasteiger partial charge in [-0.05, 0) is 29.1 Å². The third kappa shape index (κ3) is 4.86. The first kappa shape index (κ1) is 22.5. The Kier molecular flexibility index (Phi) is 6.90. The molecule has 1 aromatic heterocycles. The van der Waals surface area contributed by atoms with Gasteiger partial charge in [0.1, 0.15) is 16.0 Å². The highest BCUT2D eigenvalue weighted by Gasteiger charge is 2.34. The Labute approximate surface area is 192 Å². The molecule has 0 radical (unpaired) electrons. The number of carbonyl (C=O) groups excluding carboxylic acids is 1. The molecule has 4 rings (SSSR count). The standard InChI is InChI=1S/C23H25N3O4S2/c1-30-20-10-5-9-19(17-20)24-23(27)22(18-7-3-2-4-8-18)25-12-14-26(15-13-25)32(28,29)21-11-6-16-31-21/h2-11,16-17,22H,12-15H2,1H3,(H,24,27)/t22-/m0/s1. The van der Waals surface area contributed by atoms with Crippen LogP contribution in [0.4, 0.5) is 5.69 Å². The smallest absolute Gasteiger partial charge is 0.252 e. The number of methoxy groups -OCH3 is 1. The summed E-state index contributed by atoms with van der Waals surface area (Å²) in [6.45, 7) is 1.57. The van der Waals surface area contributed by atoms with E-state index in [9.17, 15) is 13.2 Å². The summed E-state index contributed by atoms with van der Waals surface area (Å²) in [7, 11) is -1.92. The van der Waals surface area contributed by atoms with Gasteiger partial charge in [0.15, 0.2) is 0 Å². The van der Waals surface area contributed by atoms with Crippen LogP contribution in [-0.4, -0.2) is 56.8 Å². The second-order valence-electron chi connectivity index (χ2n) is 7.41. The topological polar surface area (TPSA) is 79.0 Å². The maximum atomic E-state index is 13.4. The molecule has 7 nitrogen and oxygen atoms in total. The first-order valence-corrected chi connectivity index (χ1v) is 12.6. The van der Waals surface area contributed by atoms with Crippen LogP contribution >= 0.6 is 11.3 Å². The number of hydrogen-bond acceptors (Lipinski definition) is 6. The molecule has 168 valence electrons. The minimum Gasteiger partial charge on any atom is -0.497 e. The predicted molar refractivity (Wildman–Crippen MR) is 125 cm³/mol. The Morgan fingerprint density at radius 3 is 2.41 bits per heavy atom. The van der Waals surface area contributed by atoms with Crippen molar-refractivity contribution in [2.75, 3.05) is 38.6 Å². The van der Waals surface area contributed by atoms with Crippen LogP contribution in [0.1, 0.15) is 11.6 Å². The van der Waals surface area contributed by atoms with E-state index in [0.29, 0.717) is 41.8 Å². The van der Waals surface area contributed by atoms with E-state index < -0.39 is 16.1 Å². The Morgan fingerprint density at radius 1 is 1.00 bits per heavy atom. The molecule has 1 fully saturated rings. The van der Waals surface area contributed by atoms with Gasteiger partial charge in [0.05, 0.1) is 7.11 Å². The lowest BCUT2D eigenvalue weighted by molar-refractivity contribution is -0.122. The van der Waals surface area contributed by atoms with Gasteiger partial charge in [-0.2, -0.15) is 4.31 Å². The molecule has 1 aliphatic rings. The van der Waals surface area contributed by atoms with Gasteiger partial charge in [0, 0.05) is 37.9 Å². The first-order chi connectivity index (χ1) is 15.5. The normalized spacial score (nSPS) is 16.4. The summed E-state index contributed by atoms with van der Waals surface area (Å²) in [5.74, 6) is 0.491. The van der Waals surface area contributed by atoms with Crippen LogP contribution < -0.4 is 10.1 Å². The Bertz CT molecular complexity index is 1140. The molecule has 1 atom stereocenters. The van der Waals surface area contributed by atoms with Gasteiger partial charge in [0.2, 0.25) is 5.91 Å². The van der Waals surface area contributed by atoms with Crippen LogP contribution in [0.15, 0.2) is 76.3 Å². The van der Waals surface area contributed by atoms with Gasteiger partial charge >= 0.3 is 0 Å². The average Bonchev–Trinajstić information content (AvgIpc) is 3.36. The summed E-state index contributed by atoms with van der Waals surface area (Å²) in [5.41, 5.74) is 1.51. The number of carbonyl (C=O) groups is 1. The minimum absolute atomic E-state index is 0.168. The molecular weight excluding hydrogens is 446 g/mol. The second kappa shape index (κ2) is 9.83. The molecule has 0 aliphatic carbocycles. The Balaban J connectivity index is 1.52. The number of hydrogen-bond donors (Lipinski definition) is 1. The molecule has 0 unspecified atom stereocenters. The number of ether oxygens (including phenoxy) is 1. The third-order valence-electron chi connectivity index (χ3n) is 5.43. The molecule has 1 saturated heterocycles. The largest absolute Gasteiger partial charge is 0.497 e. The molecule has 3 aromatic rings. The zero-order valence-corrected chi connectivity index (χ0v) is 19.3. The first-order valence-electron chi connectivity index (χ1n) is 10.3. The minimum atomic E-state index is -3.50. The zero-order valence-electron chi connectivity index (χ0n) is 17.7. The second-order valence-corrected chi connectivity index (χ2v) is 10.5. The summed E-state index contributed by atoms with van der Waals surface area (Å²) < 4.78 is 32.8. The van der Waals surface area contributed by atoms with Crippen molar-refractivity contribution >= 4 is 33.0 Å². The maximum absolute atomic E-state index is 13.4. The number of thiophene rings is 1. The fourth-order valence-electron chi connectivity index (χ4n) is 3.81. The highest BCUT2D eigenvalue weighted by Crippen LogP contribution is 2.28. The lowest BCUT2D eigenvalue weighted by Crippen LogP contribution is -2.51. The lowest BCUT2D eigenvalue weighted by atomic mass is 10.0. The predicted octanol–water partition coefficient (Wildman–Crippen LogP) is 3.44. The molecular formula is C23H25N3O4S2. The van der Waals surface area contributed by atoms with Gasteiger partial charge in [-0.15, -0.1) is 11.3 Å². The summed E-state index contributed by atoms with van der Waals surface area (Å²) >= 11 is 1.22. The van der Waals surface area contributed by atoms with Crippen LogP contribution in [0, 0.1) is 0 Å². The Hall–Kier alpha value is -2.72. The number of anilines is 1.